The Hall–Kier alpha value is -3.13. The van der Waals surface area contributed by atoms with Gasteiger partial charge in [0.15, 0.2) is 0 Å². The molecule has 0 bridgehead atoms. The van der Waals surface area contributed by atoms with Crippen LogP contribution in [-0.2, 0) is 11.2 Å². The van der Waals surface area contributed by atoms with E-state index in [0.717, 1.165) is 29.7 Å². The number of nitrogens with zero attached hydrogens (tertiary/aromatic N) is 1. The number of nitriles is 1. The minimum atomic E-state index is -0.298. The summed E-state index contributed by atoms with van der Waals surface area (Å²) < 4.78 is 16.8. The number of aryl methyl sites for hydroxylation is 1. The van der Waals surface area contributed by atoms with Crippen molar-refractivity contribution in [3.05, 3.63) is 70.5 Å². The van der Waals surface area contributed by atoms with Gasteiger partial charge < -0.3 is 19.6 Å². The normalized spacial score (nSPS) is 19.2. The van der Waals surface area contributed by atoms with Gasteiger partial charge in [0.2, 0.25) is 5.88 Å². The van der Waals surface area contributed by atoms with Gasteiger partial charge in [-0.1, -0.05) is 6.07 Å². The number of nitrogens with two attached hydrogens (primary N) is 1. The molecular formula is C19H16N2O3. The van der Waals surface area contributed by atoms with Crippen molar-refractivity contribution < 1.29 is 13.9 Å². The molecule has 1 unspecified atom stereocenters. The molecule has 1 aliphatic heterocycles. The third-order valence-corrected chi connectivity index (χ3v) is 4.58. The molecule has 0 spiro atoms. The molecule has 2 aliphatic rings. The van der Waals surface area contributed by atoms with E-state index >= 15 is 0 Å². The molecule has 5 nitrogen and oxygen atoms in total. The third-order valence-electron chi connectivity index (χ3n) is 4.58. The van der Waals surface area contributed by atoms with Crippen LogP contribution >= 0.6 is 0 Å². The van der Waals surface area contributed by atoms with Gasteiger partial charge in [0.05, 0.1) is 19.3 Å². The SMILES string of the molecule is COc1ccc2c(c1)C1=C(CC2)C(c2ccco2)C(C#N)=C(N)O1. The van der Waals surface area contributed by atoms with Gasteiger partial charge in [-0.25, -0.2) is 0 Å². The van der Waals surface area contributed by atoms with E-state index in [1.54, 1.807) is 13.4 Å². The fraction of sp³-hybridized carbons (Fsp3) is 0.211. The van der Waals surface area contributed by atoms with Crippen molar-refractivity contribution in [2.75, 3.05) is 7.11 Å². The van der Waals surface area contributed by atoms with Crippen molar-refractivity contribution in [1.29, 1.82) is 5.26 Å². The highest BCUT2D eigenvalue weighted by Gasteiger charge is 2.37. The molecule has 24 heavy (non-hydrogen) atoms. The Morgan fingerprint density at radius 3 is 2.88 bits per heavy atom. The standard InChI is InChI=1S/C19H16N2O3/c1-22-12-6-4-11-5-7-13-17(16-3-2-8-23-16)15(10-20)19(21)24-18(13)14(11)9-12/h2-4,6,8-9,17H,5,7,21H2,1H3. The molecule has 2 N–H and O–H groups in total. The maximum atomic E-state index is 9.55. The van der Waals surface area contributed by atoms with E-state index in [1.165, 1.54) is 5.56 Å². The first-order valence-electron chi connectivity index (χ1n) is 7.74. The van der Waals surface area contributed by atoms with Gasteiger partial charge in [-0.05, 0) is 48.2 Å². The Kier molecular flexibility index (Phi) is 3.31. The van der Waals surface area contributed by atoms with Gasteiger partial charge in [-0.3, -0.25) is 0 Å². The molecule has 0 amide bonds. The molecule has 1 aromatic heterocycles. The summed E-state index contributed by atoms with van der Waals surface area (Å²) in [5, 5.41) is 9.55. The van der Waals surface area contributed by atoms with Crippen LogP contribution in [0.25, 0.3) is 5.76 Å². The Bertz CT molecular complexity index is 901. The van der Waals surface area contributed by atoms with Crippen LogP contribution in [0.15, 0.2) is 58.0 Å². The van der Waals surface area contributed by atoms with Crippen LogP contribution in [0.4, 0.5) is 0 Å². The Morgan fingerprint density at radius 2 is 2.17 bits per heavy atom. The number of methoxy groups -OCH3 is 1. The molecule has 1 atom stereocenters. The van der Waals surface area contributed by atoms with E-state index in [-0.39, 0.29) is 11.8 Å². The molecule has 4 rings (SSSR count). The monoisotopic (exact) mass is 320 g/mol. The summed E-state index contributed by atoms with van der Waals surface area (Å²) in [6, 6.07) is 11.8. The molecule has 0 saturated heterocycles. The van der Waals surface area contributed by atoms with Crippen molar-refractivity contribution in [1.82, 2.24) is 0 Å². The maximum absolute atomic E-state index is 9.55. The van der Waals surface area contributed by atoms with Crippen molar-refractivity contribution >= 4 is 5.76 Å². The number of furan rings is 1. The summed E-state index contributed by atoms with van der Waals surface area (Å²) in [6.45, 7) is 0. The van der Waals surface area contributed by atoms with Gasteiger partial charge in [0.1, 0.15) is 28.9 Å². The number of ether oxygens (including phenoxy) is 2. The van der Waals surface area contributed by atoms with Crippen molar-refractivity contribution in [3.8, 4) is 11.8 Å². The first kappa shape index (κ1) is 14.5. The zero-order valence-electron chi connectivity index (χ0n) is 13.2. The molecule has 1 aromatic carbocycles. The van der Waals surface area contributed by atoms with E-state index in [4.69, 9.17) is 19.6 Å². The third kappa shape index (κ3) is 2.08. The molecule has 5 heteroatoms. The zero-order chi connectivity index (χ0) is 16.7. The predicted octanol–water partition coefficient (Wildman–Crippen LogP) is 3.45. The first-order chi connectivity index (χ1) is 11.7. The lowest BCUT2D eigenvalue weighted by Gasteiger charge is -2.32. The lowest BCUT2D eigenvalue weighted by molar-refractivity contribution is 0.342. The number of hydrogen-bond donors (Lipinski definition) is 1. The second kappa shape index (κ2) is 5.50. The van der Waals surface area contributed by atoms with E-state index in [0.29, 0.717) is 17.1 Å². The van der Waals surface area contributed by atoms with Gasteiger partial charge >= 0.3 is 0 Å². The molecule has 0 radical (unpaired) electrons. The molecule has 120 valence electrons. The number of rotatable bonds is 2. The highest BCUT2D eigenvalue weighted by molar-refractivity contribution is 5.74. The molecule has 0 saturated carbocycles. The number of benzene rings is 1. The summed E-state index contributed by atoms with van der Waals surface area (Å²) in [6.07, 6.45) is 3.27. The Balaban J connectivity index is 1.91. The van der Waals surface area contributed by atoms with E-state index in [9.17, 15) is 5.26 Å². The van der Waals surface area contributed by atoms with Crippen LogP contribution in [0.3, 0.4) is 0 Å². The fourth-order valence-electron chi connectivity index (χ4n) is 3.43. The van der Waals surface area contributed by atoms with Crippen LogP contribution in [0.2, 0.25) is 0 Å². The first-order valence-corrected chi connectivity index (χ1v) is 7.74. The average Bonchev–Trinajstić information content (AvgIpc) is 3.14. The predicted molar refractivity (Wildman–Crippen MR) is 87.6 cm³/mol. The molecule has 2 heterocycles. The Morgan fingerprint density at radius 1 is 1.29 bits per heavy atom. The maximum Gasteiger partial charge on any atom is 0.205 e. The highest BCUT2D eigenvalue weighted by atomic mass is 16.5. The minimum Gasteiger partial charge on any atom is -0.497 e. The molecule has 1 aliphatic carbocycles. The van der Waals surface area contributed by atoms with Gasteiger partial charge in [-0.15, -0.1) is 0 Å². The molecule has 0 fully saturated rings. The van der Waals surface area contributed by atoms with Crippen LogP contribution in [0, 0.1) is 11.3 Å². The zero-order valence-corrected chi connectivity index (χ0v) is 13.2. The summed E-state index contributed by atoms with van der Waals surface area (Å²) >= 11 is 0. The van der Waals surface area contributed by atoms with Crippen LogP contribution in [-0.4, -0.2) is 7.11 Å². The van der Waals surface area contributed by atoms with Crippen molar-refractivity contribution in [3.63, 3.8) is 0 Å². The van der Waals surface area contributed by atoms with Crippen LogP contribution < -0.4 is 10.5 Å². The van der Waals surface area contributed by atoms with Crippen molar-refractivity contribution in [2.24, 2.45) is 5.73 Å². The number of fused-ring (bicyclic) bond motifs is 2. The van der Waals surface area contributed by atoms with Crippen LogP contribution in [0.1, 0.15) is 29.2 Å². The number of hydrogen-bond acceptors (Lipinski definition) is 5. The highest BCUT2D eigenvalue weighted by Crippen LogP contribution is 2.47. The topological polar surface area (TPSA) is 81.4 Å². The quantitative estimate of drug-likeness (QED) is 0.916. The van der Waals surface area contributed by atoms with Gasteiger partial charge in [0, 0.05) is 5.56 Å². The van der Waals surface area contributed by atoms with Gasteiger partial charge in [0.25, 0.3) is 0 Å². The van der Waals surface area contributed by atoms with Crippen LogP contribution in [0.5, 0.6) is 5.75 Å². The van der Waals surface area contributed by atoms with Crippen molar-refractivity contribution in [2.45, 2.75) is 18.8 Å². The smallest absolute Gasteiger partial charge is 0.205 e. The summed E-state index contributed by atoms with van der Waals surface area (Å²) in [5.41, 5.74) is 9.62. The van der Waals surface area contributed by atoms with E-state index in [1.807, 2.05) is 30.3 Å². The lowest BCUT2D eigenvalue weighted by Crippen LogP contribution is -2.23. The summed E-state index contributed by atoms with van der Waals surface area (Å²) in [5.74, 6) is 2.01. The summed E-state index contributed by atoms with van der Waals surface area (Å²) in [7, 11) is 1.63. The van der Waals surface area contributed by atoms with E-state index in [2.05, 4.69) is 6.07 Å². The summed E-state index contributed by atoms with van der Waals surface area (Å²) in [4.78, 5) is 0. The second-order valence-corrected chi connectivity index (χ2v) is 5.82. The average molecular weight is 320 g/mol. The Labute approximate surface area is 139 Å². The second-order valence-electron chi connectivity index (χ2n) is 5.82. The minimum absolute atomic E-state index is 0.133. The number of allylic oxidation sites excluding steroid dienone is 2. The molecular weight excluding hydrogens is 304 g/mol. The van der Waals surface area contributed by atoms with Gasteiger partial charge in [-0.2, -0.15) is 5.26 Å². The fourth-order valence-corrected chi connectivity index (χ4v) is 3.43. The molecule has 2 aromatic rings. The largest absolute Gasteiger partial charge is 0.497 e. The van der Waals surface area contributed by atoms with E-state index < -0.39 is 0 Å². The lowest BCUT2D eigenvalue weighted by atomic mass is 9.78.